The Morgan fingerprint density at radius 3 is 2.54 bits per heavy atom. The van der Waals surface area contributed by atoms with Gasteiger partial charge in [0.1, 0.15) is 5.78 Å². The minimum atomic E-state index is 0.0788. The molecule has 0 aromatic carbocycles. The lowest BCUT2D eigenvalue weighted by Gasteiger charge is -2.25. The van der Waals surface area contributed by atoms with Gasteiger partial charge >= 0.3 is 0 Å². The summed E-state index contributed by atoms with van der Waals surface area (Å²) in [5, 5.41) is 0. The molecule has 0 N–H and O–H groups in total. The lowest BCUT2D eigenvalue weighted by atomic mass is 9.77. The predicted octanol–water partition coefficient (Wildman–Crippen LogP) is 3.57. The number of ketones is 1. The third kappa shape index (κ3) is 2.12. The first kappa shape index (κ1) is 10.7. The summed E-state index contributed by atoms with van der Waals surface area (Å²) in [4.78, 5) is 11.6. The van der Waals surface area contributed by atoms with E-state index in [1.165, 1.54) is 12.8 Å². The summed E-state index contributed by atoms with van der Waals surface area (Å²) in [6.07, 6.45) is 7.09. The number of rotatable bonds is 4. The fourth-order valence-electron chi connectivity index (χ4n) is 2.79. The maximum absolute atomic E-state index is 11.6. The molecule has 0 bridgehead atoms. The fraction of sp³-hybridized carbons (Fsp3) is 0.917. The van der Waals surface area contributed by atoms with E-state index in [1.807, 2.05) is 0 Å². The molecule has 0 heterocycles. The van der Waals surface area contributed by atoms with Crippen LogP contribution in [-0.4, -0.2) is 5.78 Å². The Balaban J connectivity index is 2.65. The number of Topliss-reactive ketones (excluding diaryl/α,β-unsaturated/α-hetero) is 1. The second kappa shape index (κ2) is 4.26. The van der Waals surface area contributed by atoms with Gasteiger partial charge in [0, 0.05) is 5.41 Å². The van der Waals surface area contributed by atoms with Gasteiger partial charge in [0.25, 0.3) is 0 Å². The Morgan fingerprint density at radius 1 is 1.46 bits per heavy atom. The molecule has 2 unspecified atom stereocenters. The smallest absolute Gasteiger partial charge is 0.135 e. The molecule has 0 aromatic rings. The number of carbonyl (C=O) groups is 1. The molecule has 1 saturated carbocycles. The van der Waals surface area contributed by atoms with Gasteiger partial charge in [-0.25, -0.2) is 0 Å². The largest absolute Gasteiger partial charge is 0.299 e. The highest BCUT2D eigenvalue weighted by atomic mass is 16.1. The Hall–Kier alpha value is -0.330. The maximum atomic E-state index is 11.6. The van der Waals surface area contributed by atoms with E-state index in [0.717, 1.165) is 31.6 Å². The first-order valence-corrected chi connectivity index (χ1v) is 5.65. The minimum Gasteiger partial charge on any atom is -0.299 e. The monoisotopic (exact) mass is 182 g/mol. The van der Waals surface area contributed by atoms with E-state index in [4.69, 9.17) is 0 Å². The molecule has 0 saturated heterocycles. The average molecular weight is 182 g/mol. The molecule has 1 rings (SSSR count). The van der Waals surface area contributed by atoms with E-state index in [-0.39, 0.29) is 5.41 Å². The maximum Gasteiger partial charge on any atom is 0.135 e. The van der Waals surface area contributed by atoms with Crippen molar-refractivity contribution < 1.29 is 4.79 Å². The summed E-state index contributed by atoms with van der Waals surface area (Å²) >= 11 is 0. The molecule has 1 aliphatic rings. The van der Waals surface area contributed by atoms with Crippen LogP contribution < -0.4 is 0 Å². The molecular formula is C12H22O. The molecule has 0 amide bonds. The minimum absolute atomic E-state index is 0.0788. The highest BCUT2D eigenvalue weighted by Gasteiger charge is 2.41. The average Bonchev–Trinajstić information content (AvgIpc) is 2.50. The lowest BCUT2D eigenvalue weighted by molar-refractivity contribution is -0.126. The summed E-state index contributed by atoms with van der Waals surface area (Å²) in [5.74, 6) is 1.25. The van der Waals surface area contributed by atoms with Gasteiger partial charge in [-0.15, -0.1) is 0 Å². The van der Waals surface area contributed by atoms with Crippen LogP contribution in [0.3, 0.4) is 0 Å². The van der Waals surface area contributed by atoms with Gasteiger partial charge in [-0.1, -0.05) is 26.7 Å². The number of hydrogen-bond donors (Lipinski definition) is 0. The van der Waals surface area contributed by atoms with Crippen LogP contribution in [0.25, 0.3) is 0 Å². The van der Waals surface area contributed by atoms with Crippen molar-refractivity contribution in [1.82, 2.24) is 0 Å². The van der Waals surface area contributed by atoms with Crippen molar-refractivity contribution in [2.45, 2.75) is 59.3 Å². The SMILES string of the molecule is CCCC1(C(C)=O)CCC(CC)C1. The summed E-state index contributed by atoms with van der Waals surface area (Å²) in [6.45, 7) is 6.21. The van der Waals surface area contributed by atoms with Gasteiger partial charge in [-0.05, 0) is 38.5 Å². The molecule has 0 aliphatic heterocycles. The number of carbonyl (C=O) groups excluding carboxylic acids is 1. The molecule has 1 aliphatic carbocycles. The highest BCUT2D eigenvalue weighted by molar-refractivity contribution is 5.82. The summed E-state index contributed by atoms with van der Waals surface area (Å²) in [7, 11) is 0. The van der Waals surface area contributed by atoms with Crippen LogP contribution in [0.5, 0.6) is 0 Å². The van der Waals surface area contributed by atoms with Crippen molar-refractivity contribution in [2.75, 3.05) is 0 Å². The van der Waals surface area contributed by atoms with Gasteiger partial charge in [-0.3, -0.25) is 4.79 Å². The van der Waals surface area contributed by atoms with E-state index in [1.54, 1.807) is 6.92 Å². The van der Waals surface area contributed by atoms with Gasteiger partial charge in [-0.2, -0.15) is 0 Å². The van der Waals surface area contributed by atoms with Crippen molar-refractivity contribution in [3.8, 4) is 0 Å². The summed E-state index contributed by atoms with van der Waals surface area (Å²) in [6, 6.07) is 0. The van der Waals surface area contributed by atoms with Crippen LogP contribution >= 0.6 is 0 Å². The van der Waals surface area contributed by atoms with Crippen LogP contribution in [0.2, 0.25) is 0 Å². The van der Waals surface area contributed by atoms with Gasteiger partial charge < -0.3 is 0 Å². The molecule has 0 radical (unpaired) electrons. The summed E-state index contributed by atoms with van der Waals surface area (Å²) < 4.78 is 0. The second-order valence-corrected chi connectivity index (χ2v) is 4.60. The van der Waals surface area contributed by atoms with Crippen molar-refractivity contribution >= 4 is 5.78 Å². The highest BCUT2D eigenvalue weighted by Crippen LogP contribution is 2.46. The molecule has 1 heteroatoms. The third-order valence-electron chi connectivity index (χ3n) is 3.76. The van der Waals surface area contributed by atoms with Crippen molar-refractivity contribution in [3.63, 3.8) is 0 Å². The van der Waals surface area contributed by atoms with E-state index < -0.39 is 0 Å². The second-order valence-electron chi connectivity index (χ2n) is 4.60. The van der Waals surface area contributed by atoms with Crippen LogP contribution in [0.15, 0.2) is 0 Å². The Labute approximate surface area is 81.9 Å². The van der Waals surface area contributed by atoms with E-state index >= 15 is 0 Å². The molecule has 0 spiro atoms. The quantitative estimate of drug-likeness (QED) is 0.649. The Bertz CT molecular complexity index is 186. The molecule has 2 atom stereocenters. The van der Waals surface area contributed by atoms with Crippen molar-refractivity contribution in [3.05, 3.63) is 0 Å². The van der Waals surface area contributed by atoms with Crippen LogP contribution in [-0.2, 0) is 4.79 Å². The molecule has 1 fully saturated rings. The fourth-order valence-corrected chi connectivity index (χ4v) is 2.79. The topological polar surface area (TPSA) is 17.1 Å². The van der Waals surface area contributed by atoms with Gasteiger partial charge in [0.2, 0.25) is 0 Å². The molecule has 13 heavy (non-hydrogen) atoms. The third-order valence-corrected chi connectivity index (χ3v) is 3.76. The Morgan fingerprint density at radius 2 is 2.15 bits per heavy atom. The predicted molar refractivity (Wildman–Crippen MR) is 55.7 cm³/mol. The Kier molecular flexibility index (Phi) is 3.52. The normalized spacial score (nSPS) is 33.6. The zero-order valence-corrected chi connectivity index (χ0v) is 9.23. The zero-order chi connectivity index (χ0) is 9.90. The first-order chi connectivity index (χ1) is 6.14. The van der Waals surface area contributed by atoms with Crippen LogP contribution in [0.4, 0.5) is 0 Å². The van der Waals surface area contributed by atoms with Crippen molar-refractivity contribution in [2.24, 2.45) is 11.3 Å². The van der Waals surface area contributed by atoms with E-state index in [9.17, 15) is 4.79 Å². The molecule has 1 nitrogen and oxygen atoms in total. The molecular weight excluding hydrogens is 160 g/mol. The zero-order valence-electron chi connectivity index (χ0n) is 9.23. The van der Waals surface area contributed by atoms with Crippen LogP contribution in [0.1, 0.15) is 59.3 Å². The first-order valence-electron chi connectivity index (χ1n) is 5.65. The molecule has 0 aromatic heterocycles. The summed E-state index contributed by atoms with van der Waals surface area (Å²) in [5.41, 5.74) is 0.0788. The van der Waals surface area contributed by atoms with Gasteiger partial charge in [0.15, 0.2) is 0 Å². The van der Waals surface area contributed by atoms with Crippen molar-refractivity contribution in [1.29, 1.82) is 0 Å². The van der Waals surface area contributed by atoms with E-state index in [0.29, 0.717) is 5.78 Å². The molecule has 76 valence electrons. The number of hydrogen-bond acceptors (Lipinski definition) is 1. The standard InChI is InChI=1S/C12H22O/c1-4-7-12(10(3)13)8-6-11(5-2)9-12/h11H,4-9H2,1-3H3. The van der Waals surface area contributed by atoms with E-state index in [2.05, 4.69) is 13.8 Å². The van der Waals surface area contributed by atoms with Crippen LogP contribution in [0, 0.1) is 11.3 Å². The lowest BCUT2D eigenvalue weighted by Crippen LogP contribution is -2.25. The van der Waals surface area contributed by atoms with Gasteiger partial charge in [0.05, 0.1) is 0 Å².